The Morgan fingerprint density at radius 3 is 2.19 bits per heavy atom. The number of rotatable bonds is 8. The average molecular weight is 422 g/mol. The molecule has 1 heterocycles. The third-order valence-electron chi connectivity index (χ3n) is 5.09. The molecule has 2 aromatic rings. The Bertz CT molecular complexity index is 959. The highest BCUT2D eigenvalue weighted by molar-refractivity contribution is 6.05. The number of hydrogen-bond donors (Lipinski definition) is 2. The van der Waals surface area contributed by atoms with Crippen LogP contribution in [0.15, 0.2) is 54.6 Å². The largest absolute Gasteiger partial charge is 0.326 e. The second-order valence-corrected chi connectivity index (χ2v) is 7.39. The van der Waals surface area contributed by atoms with Crippen LogP contribution in [-0.4, -0.2) is 52.6 Å². The summed E-state index contributed by atoms with van der Waals surface area (Å²) in [7, 11) is 0. The number of amides is 4. The Morgan fingerprint density at radius 2 is 1.61 bits per heavy atom. The first-order valence-electron chi connectivity index (χ1n) is 10.2. The highest BCUT2D eigenvalue weighted by Crippen LogP contribution is 2.21. The number of hydrogen-bond acceptors (Lipinski definition) is 5. The Hall–Kier alpha value is -3.52. The number of likely N-dealkylation sites (N-methyl/N-ethyl adjacent to an activating group) is 1. The van der Waals surface area contributed by atoms with Crippen LogP contribution in [-0.2, 0) is 25.7 Å². The van der Waals surface area contributed by atoms with Gasteiger partial charge in [-0.25, -0.2) is 0 Å². The molecule has 1 atom stereocenters. The number of imide groups is 1. The van der Waals surface area contributed by atoms with Gasteiger partial charge in [-0.05, 0) is 36.4 Å². The molecule has 1 aliphatic rings. The van der Waals surface area contributed by atoms with Crippen molar-refractivity contribution in [1.29, 1.82) is 0 Å². The lowest BCUT2D eigenvalue weighted by atomic mass is 10.2. The number of nitrogens with zero attached hydrogens (tertiary/aromatic N) is 2. The monoisotopic (exact) mass is 422 g/mol. The molecule has 8 nitrogen and oxygen atoms in total. The number of likely N-dealkylation sites (tertiary alicyclic amines) is 1. The summed E-state index contributed by atoms with van der Waals surface area (Å²) in [5.74, 6) is -0.960. The molecule has 162 valence electrons. The second kappa shape index (κ2) is 9.99. The van der Waals surface area contributed by atoms with E-state index in [-0.39, 0.29) is 43.1 Å². The summed E-state index contributed by atoms with van der Waals surface area (Å²) in [4.78, 5) is 51.9. The van der Waals surface area contributed by atoms with Crippen molar-refractivity contribution in [3.05, 3.63) is 60.2 Å². The van der Waals surface area contributed by atoms with Gasteiger partial charge >= 0.3 is 0 Å². The first kappa shape index (κ1) is 22.2. The van der Waals surface area contributed by atoms with E-state index < -0.39 is 6.04 Å². The fourth-order valence-corrected chi connectivity index (χ4v) is 3.55. The number of nitrogens with one attached hydrogen (secondary N) is 2. The topological polar surface area (TPSA) is 98.8 Å². The van der Waals surface area contributed by atoms with E-state index in [1.165, 1.54) is 11.8 Å². The summed E-state index contributed by atoms with van der Waals surface area (Å²) in [5, 5.41) is 5.44. The van der Waals surface area contributed by atoms with Crippen LogP contribution < -0.4 is 10.6 Å². The van der Waals surface area contributed by atoms with Crippen molar-refractivity contribution in [3.63, 3.8) is 0 Å². The maximum atomic E-state index is 12.9. The lowest BCUT2D eigenvalue weighted by Crippen LogP contribution is -2.45. The van der Waals surface area contributed by atoms with Crippen molar-refractivity contribution in [2.24, 2.45) is 0 Å². The van der Waals surface area contributed by atoms with E-state index in [2.05, 4.69) is 10.6 Å². The minimum atomic E-state index is -0.644. The molecule has 0 aliphatic carbocycles. The van der Waals surface area contributed by atoms with Crippen molar-refractivity contribution in [3.8, 4) is 0 Å². The second-order valence-electron chi connectivity index (χ2n) is 7.39. The Kier molecular flexibility index (Phi) is 7.15. The fourth-order valence-electron chi connectivity index (χ4n) is 3.55. The van der Waals surface area contributed by atoms with Crippen LogP contribution in [0, 0.1) is 0 Å². The zero-order valence-electron chi connectivity index (χ0n) is 17.6. The van der Waals surface area contributed by atoms with Crippen LogP contribution in [0.5, 0.6) is 0 Å². The normalized spacial score (nSPS) is 16.0. The molecular formula is C23H26N4O4. The van der Waals surface area contributed by atoms with Crippen molar-refractivity contribution < 1.29 is 19.2 Å². The van der Waals surface area contributed by atoms with Crippen molar-refractivity contribution >= 4 is 35.0 Å². The summed E-state index contributed by atoms with van der Waals surface area (Å²) >= 11 is 0. The first-order chi connectivity index (χ1) is 14.9. The quantitative estimate of drug-likeness (QED) is 0.636. The van der Waals surface area contributed by atoms with E-state index in [4.69, 9.17) is 0 Å². The molecule has 2 N–H and O–H groups in total. The highest BCUT2D eigenvalue weighted by Gasteiger charge is 2.41. The third kappa shape index (κ3) is 5.76. The van der Waals surface area contributed by atoms with Crippen LogP contribution in [0.2, 0.25) is 0 Å². The molecular weight excluding hydrogens is 396 g/mol. The van der Waals surface area contributed by atoms with Crippen LogP contribution in [0.4, 0.5) is 11.4 Å². The van der Waals surface area contributed by atoms with Gasteiger partial charge in [0, 0.05) is 18.3 Å². The molecule has 4 amide bonds. The van der Waals surface area contributed by atoms with Gasteiger partial charge in [0.2, 0.25) is 23.6 Å². The number of carbonyl (C=O) groups excluding carboxylic acids is 4. The van der Waals surface area contributed by atoms with Crippen LogP contribution in [0.25, 0.3) is 0 Å². The van der Waals surface area contributed by atoms with E-state index in [9.17, 15) is 19.2 Å². The molecule has 0 unspecified atom stereocenters. The molecule has 31 heavy (non-hydrogen) atoms. The minimum absolute atomic E-state index is 0.00713. The summed E-state index contributed by atoms with van der Waals surface area (Å²) in [6.07, 6.45) is 0.0677. The van der Waals surface area contributed by atoms with Gasteiger partial charge in [-0.2, -0.15) is 0 Å². The maximum absolute atomic E-state index is 12.9. The van der Waals surface area contributed by atoms with Gasteiger partial charge in [0.15, 0.2) is 0 Å². The lowest BCUT2D eigenvalue weighted by Gasteiger charge is -2.25. The summed E-state index contributed by atoms with van der Waals surface area (Å²) in [5.41, 5.74) is 2.09. The third-order valence-corrected chi connectivity index (χ3v) is 5.09. The van der Waals surface area contributed by atoms with Gasteiger partial charge in [0.25, 0.3) is 0 Å². The van der Waals surface area contributed by atoms with Gasteiger partial charge in [0.05, 0.1) is 25.6 Å². The Labute approximate surface area is 181 Å². The summed E-state index contributed by atoms with van der Waals surface area (Å²) in [6, 6.07) is 15.5. The SMILES string of the molecule is CCN(CC(=O)Nc1ccc(NC(C)=O)cc1)[C@H]1CC(=O)N(Cc2ccccc2)C1=O. The molecule has 0 spiro atoms. The summed E-state index contributed by atoms with van der Waals surface area (Å²) < 4.78 is 0. The Balaban J connectivity index is 1.60. The molecule has 0 radical (unpaired) electrons. The summed E-state index contributed by atoms with van der Waals surface area (Å²) in [6.45, 7) is 3.96. The van der Waals surface area contributed by atoms with Crippen LogP contribution >= 0.6 is 0 Å². The number of carbonyl (C=O) groups is 4. The van der Waals surface area contributed by atoms with E-state index in [1.54, 1.807) is 29.2 Å². The zero-order chi connectivity index (χ0) is 22.4. The molecule has 3 rings (SSSR count). The molecule has 1 fully saturated rings. The van der Waals surface area contributed by atoms with Crippen LogP contribution in [0.3, 0.4) is 0 Å². The maximum Gasteiger partial charge on any atom is 0.247 e. The predicted octanol–water partition coefficient (Wildman–Crippen LogP) is 2.23. The number of benzene rings is 2. The lowest BCUT2D eigenvalue weighted by molar-refractivity contribution is -0.140. The van der Waals surface area contributed by atoms with E-state index in [1.807, 2.05) is 37.3 Å². The standard InChI is InChI=1S/C23H26N4O4/c1-3-26(15-21(29)25-19-11-9-18(10-12-19)24-16(2)28)20-13-22(30)27(23(20)31)14-17-7-5-4-6-8-17/h4-12,20H,3,13-15H2,1-2H3,(H,24,28)(H,25,29)/t20-/m0/s1. The molecule has 2 aromatic carbocycles. The molecule has 1 aliphatic heterocycles. The van der Waals surface area contributed by atoms with Crippen molar-refractivity contribution in [2.45, 2.75) is 32.9 Å². The van der Waals surface area contributed by atoms with Gasteiger partial charge < -0.3 is 10.6 Å². The molecule has 8 heteroatoms. The minimum Gasteiger partial charge on any atom is -0.326 e. The predicted molar refractivity (Wildman–Crippen MR) is 117 cm³/mol. The van der Waals surface area contributed by atoms with E-state index in [0.29, 0.717) is 17.9 Å². The zero-order valence-corrected chi connectivity index (χ0v) is 17.6. The molecule has 0 bridgehead atoms. The highest BCUT2D eigenvalue weighted by atomic mass is 16.2. The fraction of sp³-hybridized carbons (Fsp3) is 0.304. The first-order valence-corrected chi connectivity index (χ1v) is 10.2. The number of anilines is 2. The van der Waals surface area contributed by atoms with E-state index >= 15 is 0 Å². The molecule has 1 saturated heterocycles. The smallest absolute Gasteiger partial charge is 0.247 e. The Morgan fingerprint density at radius 1 is 1.00 bits per heavy atom. The average Bonchev–Trinajstić information content (AvgIpc) is 3.02. The van der Waals surface area contributed by atoms with Gasteiger partial charge in [-0.3, -0.25) is 29.0 Å². The van der Waals surface area contributed by atoms with Crippen molar-refractivity contribution in [1.82, 2.24) is 9.80 Å². The molecule has 0 saturated carbocycles. The van der Waals surface area contributed by atoms with Gasteiger partial charge in [-0.1, -0.05) is 37.3 Å². The van der Waals surface area contributed by atoms with Gasteiger partial charge in [-0.15, -0.1) is 0 Å². The molecule has 0 aromatic heterocycles. The van der Waals surface area contributed by atoms with Crippen molar-refractivity contribution in [2.75, 3.05) is 23.7 Å². The van der Waals surface area contributed by atoms with Gasteiger partial charge in [0.1, 0.15) is 0 Å². The van der Waals surface area contributed by atoms with Crippen LogP contribution in [0.1, 0.15) is 25.8 Å². The van der Waals surface area contributed by atoms with E-state index in [0.717, 1.165) is 5.56 Å².